The van der Waals surface area contributed by atoms with Gasteiger partial charge in [0.1, 0.15) is 5.82 Å². The first-order chi connectivity index (χ1) is 13.1. The Morgan fingerprint density at radius 3 is 2.63 bits per heavy atom. The van der Waals surface area contributed by atoms with Crippen LogP contribution in [-0.2, 0) is 0 Å². The van der Waals surface area contributed by atoms with Crippen molar-refractivity contribution in [2.75, 3.05) is 11.5 Å². The first-order valence-electron chi connectivity index (χ1n) is 7.94. The van der Waals surface area contributed by atoms with Crippen molar-refractivity contribution in [3.63, 3.8) is 0 Å². The Hall–Kier alpha value is -2.16. The van der Waals surface area contributed by atoms with E-state index < -0.39 is 0 Å². The van der Waals surface area contributed by atoms with Gasteiger partial charge in [0.25, 0.3) is 0 Å². The monoisotopic (exact) mass is 418 g/mol. The molecule has 1 aliphatic heterocycles. The SMILES string of the molecule is O=C(CSc1nnc2n1N=C(c1ccc(Cl)cc1)CS2)c1ccc(F)cc1. The molecule has 136 valence electrons. The van der Waals surface area contributed by atoms with Crippen LogP contribution < -0.4 is 0 Å². The van der Waals surface area contributed by atoms with Gasteiger partial charge in [-0.15, -0.1) is 10.2 Å². The zero-order valence-corrected chi connectivity index (χ0v) is 16.2. The maximum atomic E-state index is 13.0. The minimum absolute atomic E-state index is 0.109. The third kappa shape index (κ3) is 4.07. The van der Waals surface area contributed by atoms with Gasteiger partial charge in [0.2, 0.25) is 10.3 Å². The van der Waals surface area contributed by atoms with Crippen LogP contribution in [0.1, 0.15) is 15.9 Å². The molecule has 5 nitrogen and oxygen atoms in total. The topological polar surface area (TPSA) is 60.1 Å². The van der Waals surface area contributed by atoms with Gasteiger partial charge in [0.05, 0.1) is 11.5 Å². The van der Waals surface area contributed by atoms with E-state index in [0.717, 1.165) is 11.3 Å². The van der Waals surface area contributed by atoms with Crippen LogP contribution in [0.25, 0.3) is 0 Å². The molecule has 0 aliphatic carbocycles. The highest BCUT2D eigenvalue weighted by Crippen LogP contribution is 2.28. The van der Waals surface area contributed by atoms with Gasteiger partial charge in [0, 0.05) is 16.3 Å². The molecule has 1 aromatic heterocycles. The number of rotatable bonds is 5. The number of hydrogen-bond acceptors (Lipinski definition) is 6. The lowest BCUT2D eigenvalue weighted by Crippen LogP contribution is -2.14. The number of nitrogens with zero attached hydrogens (tertiary/aromatic N) is 4. The van der Waals surface area contributed by atoms with Gasteiger partial charge in [-0.05, 0) is 42.0 Å². The Bertz CT molecular complexity index is 1020. The highest BCUT2D eigenvalue weighted by atomic mass is 35.5. The maximum absolute atomic E-state index is 13.0. The van der Waals surface area contributed by atoms with E-state index in [-0.39, 0.29) is 17.4 Å². The van der Waals surface area contributed by atoms with Gasteiger partial charge < -0.3 is 0 Å². The molecule has 0 amide bonds. The largest absolute Gasteiger partial charge is 0.293 e. The zero-order valence-electron chi connectivity index (χ0n) is 13.8. The quantitative estimate of drug-likeness (QED) is 0.454. The van der Waals surface area contributed by atoms with Gasteiger partial charge in [-0.1, -0.05) is 47.3 Å². The first-order valence-corrected chi connectivity index (χ1v) is 10.3. The van der Waals surface area contributed by atoms with Crippen LogP contribution in [0.4, 0.5) is 4.39 Å². The van der Waals surface area contributed by atoms with E-state index in [1.54, 1.807) is 4.68 Å². The van der Waals surface area contributed by atoms with Crippen molar-refractivity contribution < 1.29 is 9.18 Å². The van der Waals surface area contributed by atoms with Crippen molar-refractivity contribution in [3.05, 3.63) is 70.5 Å². The van der Waals surface area contributed by atoms with Crippen LogP contribution in [0.15, 0.2) is 63.9 Å². The average Bonchev–Trinajstić information content (AvgIpc) is 3.09. The number of carbonyl (C=O) groups is 1. The van der Waals surface area contributed by atoms with Gasteiger partial charge in [0.15, 0.2) is 5.78 Å². The third-order valence-corrected chi connectivity index (χ3v) is 5.92. The van der Waals surface area contributed by atoms with Crippen molar-refractivity contribution in [1.29, 1.82) is 0 Å². The van der Waals surface area contributed by atoms with E-state index in [4.69, 9.17) is 11.6 Å². The van der Waals surface area contributed by atoms with Crippen LogP contribution in [0, 0.1) is 5.82 Å². The second-order valence-corrected chi connectivity index (χ2v) is 7.96. The summed E-state index contributed by atoms with van der Waals surface area (Å²) in [4.78, 5) is 12.3. The Morgan fingerprint density at radius 1 is 1.15 bits per heavy atom. The summed E-state index contributed by atoms with van der Waals surface area (Å²) >= 11 is 8.73. The Labute approximate surface area is 168 Å². The van der Waals surface area contributed by atoms with Gasteiger partial charge >= 0.3 is 0 Å². The molecule has 0 saturated heterocycles. The van der Waals surface area contributed by atoms with Crippen LogP contribution in [0.3, 0.4) is 0 Å². The lowest BCUT2D eigenvalue weighted by atomic mass is 10.1. The summed E-state index contributed by atoms with van der Waals surface area (Å²) in [5.41, 5.74) is 2.32. The lowest BCUT2D eigenvalue weighted by molar-refractivity contribution is 0.102. The molecule has 0 fully saturated rings. The summed E-state index contributed by atoms with van der Waals surface area (Å²) < 4.78 is 14.6. The van der Waals surface area contributed by atoms with E-state index in [1.807, 2.05) is 24.3 Å². The fourth-order valence-corrected chi connectivity index (χ4v) is 4.23. The average molecular weight is 419 g/mol. The van der Waals surface area contributed by atoms with Crippen molar-refractivity contribution in [2.45, 2.75) is 10.3 Å². The number of Topliss-reactive ketones (excluding diaryl/α,β-unsaturated/α-hetero) is 1. The normalized spacial score (nSPS) is 13.2. The summed E-state index contributed by atoms with van der Waals surface area (Å²) in [7, 11) is 0. The maximum Gasteiger partial charge on any atom is 0.213 e. The van der Waals surface area contributed by atoms with Crippen molar-refractivity contribution in [1.82, 2.24) is 14.9 Å². The molecule has 1 aliphatic rings. The molecule has 0 radical (unpaired) electrons. The summed E-state index contributed by atoms with van der Waals surface area (Å²) in [6.07, 6.45) is 0. The molecule has 0 saturated carbocycles. The van der Waals surface area contributed by atoms with E-state index in [1.165, 1.54) is 47.8 Å². The zero-order chi connectivity index (χ0) is 18.8. The van der Waals surface area contributed by atoms with Gasteiger partial charge in [-0.2, -0.15) is 9.78 Å². The molecular formula is C18H12ClFN4OS2. The summed E-state index contributed by atoms with van der Waals surface area (Å²) in [5, 5.41) is 14.8. The van der Waals surface area contributed by atoms with E-state index in [0.29, 0.717) is 26.7 Å². The molecule has 9 heteroatoms. The second kappa shape index (κ2) is 7.84. The number of aromatic nitrogens is 3. The Balaban J connectivity index is 1.52. The van der Waals surface area contributed by atoms with Crippen LogP contribution in [0.2, 0.25) is 5.02 Å². The molecule has 0 unspecified atom stereocenters. The Kier molecular flexibility index (Phi) is 5.29. The molecule has 0 bridgehead atoms. The number of hydrogen-bond donors (Lipinski definition) is 0. The molecule has 3 aromatic rings. The fourth-order valence-electron chi connectivity index (χ4n) is 2.43. The number of thioether (sulfide) groups is 2. The summed E-state index contributed by atoms with van der Waals surface area (Å²) in [6.45, 7) is 0. The van der Waals surface area contributed by atoms with Crippen LogP contribution in [0.5, 0.6) is 0 Å². The standard InChI is InChI=1S/C18H12ClFN4OS2/c19-13-5-1-11(2-6-13)15-9-26-17-21-22-18(24(17)23-15)27-10-16(25)12-3-7-14(20)8-4-12/h1-8H,9-10H2. The summed E-state index contributed by atoms with van der Waals surface area (Å²) in [5.74, 6) is 0.369. The minimum Gasteiger partial charge on any atom is -0.293 e. The smallest absolute Gasteiger partial charge is 0.213 e. The molecular weight excluding hydrogens is 407 g/mol. The van der Waals surface area contributed by atoms with Crippen LogP contribution >= 0.6 is 35.1 Å². The third-order valence-electron chi connectivity index (χ3n) is 3.82. The molecule has 4 rings (SSSR count). The highest BCUT2D eigenvalue weighted by molar-refractivity contribution is 8.00. The predicted octanol–water partition coefficient (Wildman–Crippen LogP) is 4.40. The number of carbonyl (C=O) groups excluding carboxylic acids is 1. The van der Waals surface area contributed by atoms with Gasteiger partial charge in [-0.25, -0.2) is 4.39 Å². The summed E-state index contributed by atoms with van der Waals surface area (Å²) in [6, 6.07) is 13.0. The van der Waals surface area contributed by atoms with E-state index in [2.05, 4.69) is 15.3 Å². The molecule has 0 N–H and O–H groups in total. The number of benzene rings is 2. The molecule has 2 heterocycles. The molecule has 0 atom stereocenters. The van der Waals surface area contributed by atoms with Gasteiger partial charge in [-0.3, -0.25) is 4.79 Å². The van der Waals surface area contributed by atoms with E-state index in [9.17, 15) is 9.18 Å². The lowest BCUT2D eigenvalue weighted by Gasteiger charge is -2.13. The van der Waals surface area contributed by atoms with Crippen molar-refractivity contribution in [3.8, 4) is 0 Å². The first kappa shape index (κ1) is 18.2. The Morgan fingerprint density at radius 2 is 1.89 bits per heavy atom. The fraction of sp³-hybridized carbons (Fsp3) is 0.111. The molecule has 2 aromatic carbocycles. The minimum atomic E-state index is -0.369. The van der Waals surface area contributed by atoms with Crippen molar-refractivity contribution >= 4 is 46.6 Å². The molecule has 27 heavy (non-hydrogen) atoms. The van der Waals surface area contributed by atoms with E-state index >= 15 is 0 Å². The van der Waals surface area contributed by atoms with Crippen LogP contribution in [-0.4, -0.2) is 37.9 Å². The number of ketones is 1. The van der Waals surface area contributed by atoms with Crippen molar-refractivity contribution in [2.24, 2.45) is 5.10 Å². The highest BCUT2D eigenvalue weighted by Gasteiger charge is 2.21. The molecule has 0 spiro atoms. The predicted molar refractivity (Wildman–Crippen MR) is 106 cm³/mol. The second-order valence-electron chi connectivity index (χ2n) is 5.64. The number of halogens is 2. The number of fused-ring (bicyclic) bond motifs is 1.